The van der Waals surface area contributed by atoms with E-state index in [1.807, 2.05) is 6.92 Å². The lowest BCUT2D eigenvalue weighted by Gasteiger charge is -2.09. The van der Waals surface area contributed by atoms with Gasteiger partial charge in [0.15, 0.2) is 0 Å². The molecule has 0 aromatic heterocycles. The van der Waals surface area contributed by atoms with Gasteiger partial charge in [0.25, 0.3) is 10.0 Å². The number of carbonyl (C=O) groups excluding carboxylic acids is 1. The first-order chi connectivity index (χ1) is 9.53. The summed E-state index contributed by atoms with van der Waals surface area (Å²) in [5, 5.41) is 2.43. The van der Waals surface area contributed by atoms with Crippen LogP contribution in [-0.4, -0.2) is 14.8 Å². The number of sulfonamides is 1. The first-order valence-electron chi connectivity index (χ1n) is 5.82. The number of rotatable bonds is 7. The Balaban J connectivity index is 2.98. The Hall–Kier alpha value is -2.34. The minimum absolute atomic E-state index is 0.0992. The fourth-order valence-corrected chi connectivity index (χ4v) is 2.43. The van der Waals surface area contributed by atoms with Crippen LogP contribution in [-0.2, 0) is 14.8 Å². The average molecular weight is 292 g/mol. The first-order valence-corrected chi connectivity index (χ1v) is 7.30. The van der Waals surface area contributed by atoms with Gasteiger partial charge in [0.05, 0.1) is 4.90 Å². The number of anilines is 1. The van der Waals surface area contributed by atoms with Gasteiger partial charge in [-0.25, -0.2) is 8.42 Å². The fraction of sp³-hybridized carbons (Fsp3) is 0.0714. The first kappa shape index (κ1) is 15.7. The molecule has 5 nitrogen and oxygen atoms in total. The summed E-state index contributed by atoms with van der Waals surface area (Å²) in [6.07, 6.45) is 7.03. The molecule has 0 atom stereocenters. The Morgan fingerprint density at radius 2 is 1.90 bits per heavy atom. The van der Waals surface area contributed by atoms with Crippen LogP contribution < -0.4 is 10.0 Å². The molecule has 0 aliphatic rings. The number of benzene rings is 1. The maximum Gasteiger partial charge on any atom is 0.261 e. The molecule has 0 aliphatic heterocycles. The third-order valence-electron chi connectivity index (χ3n) is 2.33. The van der Waals surface area contributed by atoms with Crippen LogP contribution in [0, 0.1) is 0 Å². The quantitative estimate of drug-likeness (QED) is 0.597. The van der Waals surface area contributed by atoms with Gasteiger partial charge in [-0.05, 0) is 43.3 Å². The second-order valence-electron chi connectivity index (χ2n) is 3.74. The Kier molecular flexibility index (Phi) is 5.74. The molecule has 1 aromatic carbocycles. The lowest BCUT2D eigenvalue weighted by Crippen LogP contribution is -2.22. The van der Waals surface area contributed by atoms with Gasteiger partial charge in [-0.1, -0.05) is 18.7 Å². The van der Waals surface area contributed by atoms with Crippen molar-refractivity contribution >= 4 is 22.1 Å². The molecule has 20 heavy (non-hydrogen) atoms. The molecule has 0 aliphatic carbocycles. The van der Waals surface area contributed by atoms with Gasteiger partial charge in [0, 0.05) is 11.4 Å². The number of hydrogen-bond acceptors (Lipinski definition) is 3. The van der Waals surface area contributed by atoms with Crippen LogP contribution in [0.4, 0.5) is 5.69 Å². The zero-order valence-electron chi connectivity index (χ0n) is 11.0. The van der Waals surface area contributed by atoms with Gasteiger partial charge in [-0.15, -0.1) is 0 Å². The number of amides is 1. The smallest absolute Gasteiger partial charge is 0.261 e. The number of allylic oxidation sites excluding steroid dienone is 4. The fourth-order valence-electron chi connectivity index (χ4n) is 1.36. The predicted molar refractivity (Wildman–Crippen MR) is 79.5 cm³/mol. The van der Waals surface area contributed by atoms with Gasteiger partial charge < -0.3 is 5.32 Å². The van der Waals surface area contributed by atoms with E-state index in [4.69, 9.17) is 0 Å². The molecule has 6 heteroatoms. The van der Waals surface area contributed by atoms with E-state index in [0.717, 1.165) is 0 Å². The largest absolute Gasteiger partial charge is 0.329 e. The number of hydrogen-bond donors (Lipinski definition) is 2. The average Bonchev–Trinajstić information content (AvgIpc) is 2.44. The van der Waals surface area contributed by atoms with Crippen LogP contribution in [0.25, 0.3) is 0 Å². The SMILES string of the molecule is C=C/C(=C\C=C/C)NS(=O)(=O)c1ccc(NC=O)cc1. The number of nitrogens with one attached hydrogen (secondary N) is 2. The van der Waals surface area contributed by atoms with E-state index >= 15 is 0 Å². The normalized spacial score (nSPS) is 12.2. The van der Waals surface area contributed by atoms with Crippen LogP contribution in [0.15, 0.2) is 65.7 Å². The maximum absolute atomic E-state index is 12.1. The predicted octanol–water partition coefficient (Wildman–Crippen LogP) is 2.18. The molecule has 1 amide bonds. The monoisotopic (exact) mass is 292 g/mol. The standard InChI is InChI=1S/C14H16N2O3S/c1-3-5-6-12(4-2)16-20(18,19)14-9-7-13(8-10-14)15-11-17/h3-11,16H,2H2,1H3,(H,15,17)/b5-3-,12-6+. The van der Waals surface area contributed by atoms with Crippen molar-refractivity contribution < 1.29 is 13.2 Å². The summed E-state index contributed by atoms with van der Waals surface area (Å²) in [7, 11) is -3.67. The van der Waals surface area contributed by atoms with E-state index < -0.39 is 10.0 Å². The summed E-state index contributed by atoms with van der Waals surface area (Å²) >= 11 is 0. The Morgan fingerprint density at radius 3 is 2.40 bits per heavy atom. The maximum atomic E-state index is 12.1. The Morgan fingerprint density at radius 1 is 1.25 bits per heavy atom. The van der Waals surface area contributed by atoms with Crippen molar-refractivity contribution in [2.24, 2.45) is 0 Å². The van der Waals surface area contributed by atoms with E-state index in [0.29, 0.717) is 17.8 Å². The van der Waals surface area contributed by atoms with Gasteiger partial charge in [0.2, 0.25) is 6.41 Å². The number of carbonyl (C=O) groups is 1. The van der Waals surface area contributed by atoms with Gasteiger partial charge in [0.1, 0.15) is 0 Å². The molecule has 0 spiro atoms. The van der Waals surface area contributed by atoms with Crippen LogP contribution >= 0.6 is 0 Å². The molecule has 0 unspecified atom stereocenters. The highest BCUT2D eigenvalue weighted by Gasteiger charge is 2.13. The second-order valence-corrected chi connectivity index (χ2v) is 5.43. The van der Waals surface area contributed by atoms with E-state index in [-0.39, 0.29) is 4.90 Å². The zero-order chi connectivity index (χ0) is 15.0. The van der Waals surface area contributed by atoms with Gasteiger partial charge >= 0.3 is 0 Å². The molecule has 0 saturated heterocycles. The summed E-state index contributed by atoms with van der Waals surface area (Å²) in [4.78, 5) is 10.4. The molecule has 0 saturated carbocycles. The van der Waals surface area contributed by atoms with Crippen molar-refractivity contribution in [2.75, 3.05) is 5.32 Å². The van der Waals surface area contributed by atoms with E-state index in [2.05, 4.69) is 16.6 Å². The zero-order valence-corrected chi connectivity index (χ0v) is 11.9. The summed E-state index contributed by atoms with van der Waals surface area (Å²) < 4.78 is 26.7. The van der Waals surface area contributed by atoms with Crippen LogP contribution in [0.2, 0.25) is 0 Å². The highest BCUT2D eigenvalue weighted by atomic mass is 32.2. The summed E-state index contributed by atoms with van der Waals surface area (Å²) in [6, 6.07) is 5.83. The van der Waals surface area contributed by atoms with E-state index in [1.54, 1.807) is 18.2 Å². The molecular weight excluding hydrogens is 276 g/mol. The van der Waals surface area contributed by atoms with Crippen molar-refractivity contribution in [1.29, 1.82) is 0 Å². The van der Waals surface area contributed by atoms with Gasteiger partial charge in [-0.2, -0.15) is 0 Å². The third-order valence-corrected chi connectivity index (χ3v) is 3.73. The van der Waals surface area contributed by atoms with Crippen molar-refractivity contribution in [3.05, 3.63) is 60.8 Å². The summed E-state index contributed by atoms with van der Waals surface area (Å²) in [5.74, 6) is 0. The molecule has 0 fully saturated rings. The van der Waals surface area contributed by atoms with Crippen molar-refractivity contribution in [2.45, 2.75) is 11.8 Å². The molecule has 0 heterocycles. The Bertz CT molecular complexity index is 629. The molecule has 0 radical (unpaired) electrons. The van der Waals surface area contributed by atoms with Crippen LogP contribution in [0.1, 0.15) is 6.92 Å². The molecule has 1 aromatic rings. The van der Waals surface area contributed by atoms with Crippen molar-refractivity contribution in [3.8, 4) is 0 Å². The van der Waals surface area contributed by atoms with E-state index in [1.165, 1.54) is 30.3 Å². The second kappa shape index (κ2) is 7.30. The molecule has 0 bridgehead atoms. The highest BCUT2D eigenvalue weighted by Crippen LogP contribution is 2.14. The summed E-state index contributed by atoms with van der Waals surface area (Å²) in [5.41, 5.74) is 0.894. The minimum atomic E-state index is -3.67. The van der Waals surface area contributed by atoms with Crippen molar-refractivity contribution in [1.82, 2.24) is 4.72 Å². The lowest BCUT2D eigenvalue weighted by atomic mass is 10.3. The topological polar surface area (TPSA) is 75.3 Å². The lowest BCUT2D eigenvalue weighted by molar-refractivity contribution is -0.105. The van der Waals surface area contributed by atoms with Gasteiger partial charge in [-0.3, -0.25) is 9.52 Å². The molecule has 1 rings (SSSR count). The minimum Gasteiger partial charge on any atom is -0.329 e. The molecule has 2 N–H and O–H groups in total. The molecule has 106 valence electrons. The molecular formula is C14H16N2O3S. The third kappa shape index (κ3) is 4.40. The van der Waals surface area contributed by atoms with Crippen LogP contribution in [0.5, 0.6) is 0 Å². The van der Waals surface area contributed by atoms with E-state index in [9.17, 15) is 13.2 Å². The summed E-state index contributed by atoms with van der Waals surface area (Å²) in [6.45, 7) is 5.38. The van der Waals surface area contributed by atoms with Crippen LogP contribution in [0.3, 0.4) is 0 Å². The Labute approximate surface area is 118 Å². The highest BCUT2D eigenvalue weighted by molar-refractivity contribution is 7.89. The van der Waals surface area contributed by atoms with Crippen molar-refractivity contribution in [3.63, 3.8) is 0 Å².